The molecule has 2 fully saturated rings. The molecule has 2 aliphatic heterocycles. The first-order valence-electron chi connectivity index (χ1n) is 6.82. The largest absolute Gasteiger partial charge is 0.497 e. The van der Waals surface area contributed by atoms with Crippen molar-refractivity contribution >= 4 is 17.6 Å². The highest BCUT2D eigenvalue weighted by atomic mass is 16.6. The van der Waals surface area contributed by atoms with Crippen LogP contribution in [0.2, 0.25) is 0 Å². The quantitative estimate of drug-likeness (QED) is 0.350. The van der Waals surface area contributed by atoms with Gasteiger partial charge in [-0.2, -0.15) is 0 Å². The molecular formula is C15H17NO5. The molecule has 0 N–H and O–H groups in total. The number of amides is 1. The Morgan fingerprint density at radius 3 is 2.52 bits per heavy atom. The average Bonchev–Trinajstić information content (AvgIpc) is 3.31. The molecule has 0 saturated carbocycles. The maximum absolute atomic E-state index is 12.3. The highest BCUT2D eigenvalue weighted by molar-refractivity contribution is 6.13. The number of rotatable bonds is 5. The maximum Gasteiger partial charge on any atom is 0.320 e. The first kappa shape index (κ1) is 13.9. The average molecular weight is 291 g/mol. The van der Waals surface area contributed by atoms with Crippen molar-refractivity contribution in [3.63, 3.8) is 0 Å². The first-order valence-corrected chi connectivity index (χ1v) is 6.82. The number of epoxide rings is 1. The van der Waals surface area contributed by atoms with Crippen LogP contribution in [-0.4, -0.2) is 44.8 Å². The van der Waals surface area contributed by atoms with Crippen molar-refractivity contribution in [3.05, 3.63) is 24.3 Å². The van der Waals surface area contributed by atoms with Crippen LogP contribution in [-0.2, 0) is 19.1 Å². The number of anilines is 1. The van der Waals surface area contributed by atoms with Gasteiger partial charge in [0.1, 0.15) is 5.75 Å². The molecular weight excluding hydrogens is 274 g/mol. The zero-order valence-corrected chi connectivity index (χ0v) is 11.9. The lowest BCUT2D eigenvalue weighted by molar-refractivity contribution is -0.155. The van der Waals surface area contributed by atoms with Gasteiger partial charge in [-0.15, -0.1) is 0 Å². The maximum atomic E-state index is 12.3. The zero-order chi connectivity index (χ0) is 15.0. The van der Waals surface area contributed by atoms with Crippen LogP contribution >= 0.6 is 0 Å². The van der Waals surface area contributed by atoms with E-state index in [1.54, 1.807) is 24.1 Å². The summed E-state index contributed by atoms with van der Waals surface area (Å²) in [6, 6.07) is 7.00. The van der Waals surface area contributed by atoms with Gasteiger partial charge in [0.15, 0.2) is 5.92 Å². The SMILES string of the molecule is COC(=O)C1C(=O)N(c2ccc(OC)cc2)C1C[C@H]1CO1. The van der Waals surface area contributed by atoms with Crippen LogP contribution < -0.4 is 9.64 Å². The van der Waals surface area contributed by atoms with Crippen molar-refractivity contribution in [1.82, 2.24) is 0 Å². The van der Waals surface area contributed by atoms with Crippen LogP contribution in [0.3, 0.4) is 0 Å². The molecule has 0 spiro atoms. The van der Waals surface area contributed by atoms with Gasteiger partial charge in [-0.05, 0) is 30.7 Å². The summed E-state index contributed by atoms with van der Waals surface area (Å²) in [5.74, 6) is -0.701. The fourth-order valence-electron chi connectivity index (χ4n) is 2.71. The van der Waals surface area contributed by atoms with Crippen molar-refractivity contribution in [2.75, 3.05) is 25.7 Å². The van der Waals surface area contributed by atoms with Gasteiger partial charge in [0.25, 0.3) is 0 Å². The molecule has 0 radical (unpaired) electrons. The Kier molecular flexibility index (Phi) is 3.55. The molecule has 2 aliphatic rings. The van der Waals surface area contributed by atoms with Gasteiger partial charge in [-0.3, -0.25) is 9.59 Å². The van der Waals surface area contributed by atoms with Crippen LogP contribution in [0.5, 0.6) is 5.75 Å². The summed E-state index contributed by atoms with van der Waals surface area (Å²) in [4.78, 5) is 25.7. The minimum atomic E-state index is -0.721. The van der Waals surface area contributed by atoms with E-state index < -0.39 is 11.9 Å². The van der Waals surface area contributed by atoms with Gasteiger partial charge in [-0.25, -0.2) is 0 Å². The highest BCUT2D eigenvalue weighted by Gasteiger charge is 2.54. The summed E-state index contributed by atoms with van der Waals surface area (Å²) in [7, 11) is 2.89. The molecule has 1 aromatic carbocycles. The number of β-lactam (4-membered cyclic amide) rings is 1. The third-order valence-electron chi connectivity index (χ3n) is 3.93. The fraction of sp³-hybridized carbons (Fsp3) is 0.467. The number of ether oxygens (including phenoxy) is 3. The van der Waals surface area contributed by atoms with Crippen molar-refractivity contribution in [3.8, 4) is 5.75 Å². The molecule has 112 valence electrons. The van der Waals surface area contributed by atoms with Crippen LogP contribution in [0.4, 0.5) is 5.69 Å². The Labute approximate surface area is 122 Å². The summed E-state index contributed by atoms with van der Waals surface area (Å²) in [5, 5.41) is 0. The minimum absolute atomic E-state index is 0.135. The molecule has 2 saturated heterocycles. The van der Waals surface area contributed by atoms with E-state index >= 15 is 0 Å². The number of hydrogen-bond donors (Lipinski definition) is 0. The Morgan fingerprint density at radius 2 is 2.00 bits per heavy atom. The normalized spacial score (nSPS) is 27.0. The zero-order valence-electron chi connectivity index (χ0n) is 11.9. The monoisotopic (exact) mass is 291 g/mol. The third kappa shape index (κ3) is 2.47. The van der Waals surface area contributed by atoms with Crippen molar-refractivity contribution in [2.24, 2.45) is 5.92 Å². The van der Waals surface area contributed by atoms with E-state index in [9.17, 15) is 9.59 Å². The lowest BCUT2D eigenvalue weighted by atomic mass is 9.83. The predicted octanol–water partition coefficient (Wildman–Crippen LogP) is 0.988. The second-order valence-electron chi connectivity index (χ2n) is 5.17. The molecule has 0 aromatic heterocycles. The smallest absolute Gasteiger partial charge is 0.320 e. The Hall–Kier alpha value is -2.08. The number of esters is 1. The first-order chi connectivity index (χ1) is 10.2. The molecule has 6 heteroatoms. The van der Waals surface area contributed by atoms with E-state index in [0.717, 1.165) is 11.4 Å². The van der Waals surface area contributed by atoms with E-state index in [0.29, 0.717) is 13.0 Å². The number of benzene rings is 1. The minimum Gasteiger partial charge on any atom is -0.497 e. The van der Waals surface area contributed by atoms with E-state index in [1.165, 1.54) is 7.11 Å². The van der Waals surface area contributed by atoms with Gasteiger partial charge in [-0.1, -0.05) is 0 Å². The van der Waals surface area contributed by atoms with Crippen molar-refractivity contribution < 1.29 is 23.8 Å². The van der Waals surface area contributed by atoms with E-state index in [-0.39, 0.29) is 18.1 Å². The summed E-state index contributed by atoms with van der Waals surface area (Å²) in [6.07, 6.45) is 0.786. The highest BCUT2D eigenvalue weighted by Crippen LogP contribution is 2.38. The summed E-state index contributed by atoms with van der Waals surface area (Å²) in [6.45, 7) is 0.690. The van der Waals surface area contributed by atoms with Crippen LogP contribution in [0.15, 0.2) is 24.3 Å². The predicted molar refractivity (Wildman–Crippen MR) is 74.1 cm³/mol. The Balaban J connectivity index is 1.81. The molecule has 2 unspecified atom stereocenters. The van der Waals surface area contributed by atoms with Crippen LogP contribution in [0, 0.1) is 5.92 Å². The summed E-state index contributed by atoms with van der Waals surface area (Å²) in [5.41, 5.74) is 0.756. The number of hydrogen-bond acceptors (Lipinski definition) is 5. The lowest BCUT2D eigenvalue weighted by Gasteiger charge is -2.45. The number of carbonyl (C=O) groups excluding carboxylic acids is 2. The second-order valence-corrected chi connectivity index (χ2v) is 5.17. The molecule has 6 nitrogen and oxygen atoms in total. The number of nitrogens with zero attached hydrogens (tertiary/aromatic N) is 1. The number of methoxy groups -OCH3 is 2. The van der Waals surface area contributed by atoms with E-state index in [4.69, 9.17) is 14.2 Å². The molecule has 3 atom stereocenters. The molecule has 3 rings (SSSR count). The Bertz CT molecular complexity index is 552. The third-order valence-corrected chi connectivity index (χ3v) is 3.93. The van der Waals surface area contributed by atoms with Gasteiger partial charge < -0.3 is 19.1 Å². The van der Waals surface area contributed by atoms with Crippen molar-refractivity contribution in [2.45, 2.75) is 18.6 Å². The van der Waals surface area contributed by atoms with Crippen LogP contribution in [0.25, 0.3) is 0 Å². The molecule has 2 heterocycles. The standard InChI is InChI=1S/C15H17NO5/c1-19-10-5-3-9(4-6-10)16-12(7-11-8-21-11)13(14(16)17)15(18)20-2/h3-6,11-13H,7-8H2,1-2H3/t11-,12?,13?/m0/s1. The molecule has 1 aromatic rings. The molecule has 0 bridgehead atoms. The van der Waals surface area contributed by atoms with E-state index in [2.05, 4.69) is 0 Å². The van der Waals surface area contributed by atoms with Gasteiger partial charge in [0.2, 0.25) is 5.91 Å². The molecule has 1 amide bonds. The van der Waals surface area contributed by atoms with Crippen molar-refractivity contribution in [1.29, 1.82) is 0 Å². The van der Waals surface area contributed by atoms with Crippen LogP contribution in [0.1, 0.15) is 6.42 Å². The van der Waals surface area contributed by atoms with Gasteiger partial charge in [0, 0.05) is 5.69 Å². The second kappa shape index (κ2) is 5.37. The fourth-order valence-corrected chi connectivity index (χ4v) is 2.71. The summed E-state index contributed by atoms with van der Waals surface area (Å²) < 4.78 is 15.1. The van der Waals surface area contributed by atoms with Gasteiger partial charge >= 0.3 is 5.97 Å². The molecule has 0 aliphatic carbocycles. The molecule has 21 heavy (non-hydrogen) atoms. The van der Waals surface area contributed by atoms with Gasteiger partial charge in [0.05, 0.1) is 33.0 Å². The van der Waals surface area contributed by atoms with E-state index in [1.807, 2.05) is 12.1 Å². The topological polar surface area (TPSA) is 68.4 Å². The number of carbonyl (C=O) groups is 2. The Morgan fingerprint density at radius 1 is 1.33 bits per heavy atom. The lowest BCUT2D eigenvalue weighted by Crippen LogP contribution is -2.64. The summed E-state index contributed by atoms with van der Waals surface area (Å²) >= 11 is 0.